The first-order chi connectivity index (χ1) is 20.6. The first-order valence-electron chi connectivity index (χ1n) is 13.3. The first-order valence-corrected chi connectivity index (χ1v) is 13.3. The number of nitrogens with zero attached hydrogens (tertiary/aromatic N) is 2. The van der Waals surface area contributed by atoms with E-state index >= 15 is 0 Å². The van der Waals surface area contributed by atoms with E-state index in [4.69, 9.17) is 9.47 Å². The Morgan fingerprint density at radius 1 is 0.860 bits per heavy atom. The molecule has 4 rings (SSSR count). The molecule has 3 aromatic carbocycles. The molecule has 2 N–H and O–H groups in total. The molecule has 0 bridgehead atoms. The van der Waals surface area contributed by atoms with Gasteiger partial charge in [0.2, 0.25) is 11.8 Å². The van der Waals surface area contributed by atoms with Gasteiger partial charge in [-0.1, -0.05) is 78.9 Å². The van der Waals surface area contributed by atoms with Crippen LogP contribution in [0.1, 0.15) is 23.7 Å². The lowest BCUT2D eigenvalue weighted by Crippen LogP contribution is -2.52. The highest BCUT2D eigenvalue weighted by Gasteiger charge is 2.36. The fourth-order valence-corrected chi connectivity index (χ4v) is 3.99. The second-order valence-corrected chi connectivity index (χ2v) is 9.55. The maximum atomic E-state index is 13.3. The predicted octanol–water partition coefficient (Wildman–Crippen LogP) is 4.88. The average Bonchev–Trinajstić information content (AvgIpc) is 3.45. The summed E-state index contributed by atoms with van der Waals surface area (Å²) in [5, 5.41) is 8.68. The van der Waals surface area contributed by atoms with E-state index in [0.29, 0.717) is 11.8 Å². The molecule has 0 aliphatic rings. The molecule has 0 unspecified atom stereocenters. The summed E-state index contributed by atoms with van der Waals surface area (Å²) in [6, 6.07) is 24.5. The summed E-state index contributed by atoms with van der Waals surface area (Å²) in [4.78, 5) is 38.6. The van der Waals surface area contributed by atoms with Crippen LogP contribution in [0.15, 0.2) is 97.1 Å². The minimum absolute atomic E-state index is 0.00576. The van der Waals surface area contributed by atoms with Crippen LogP contribution in [0.5, 0.6) is 5.88 Å². The molecule has 12 heteroatoms. The molecular formula is C31H29F3N4O5. The van der Waals surface area contributed by atoms with Crippen LogP contribution >= 0.6 is 0 Å². The van der Waals surface area contributed by atoms with Gasteiger partial charge in [-0.3, -0.25) is 9.59 Å². The summed E-state index contributed by atoms with van der Waals surface area (Å²) >= 11 is 0. The number of alkyl halides is 3. The number of ether oxygens (including phenoxy) is 2. The smallest absolute Gasteiger partial charge is 0.435 e. The summed E-state index contributed by atoms with van der Waals surface area (Å²) in [5.41, 5.74) is 0.629. The van der Waals surface area contributed by atoms with Gasteiger partial charge in [0, 0.05) is 12.5 Å². The molecule has 0 aliphatic heterocycles. The molecule has 0 saturated heterocycles. The summed E-state index contributed by atoms with van der Waals surface area (Å²) in [5.74, 6) is -1.57. The van der Waals surface area contributed by atoms with Gasteiger partial charge in [-0.05, 0) is 30.2 Å². The number of para-hydroxylation sites is 1. The van der Waals surface area contributed by atoms with E-state index in [1.54, 1.807) is 66.7 Å². The van der Waals surface area contributed by atoms with Gasteiger partial charge >= 0.3 is 12.3 Å². The Labute approximate surface area is 245 Å². The van der Waals surface area contributed by atoms with Crippen molar-refractivity contribution in [3.05, 3.63) is 114 Å². The molecule has 2 atom stereocenters. The van der Waals surface area contributed by atoms with Crippen molar-refractivity contribution < 1.29 is 37.0 Å². The summed E-state index contributed by atoms with van der Waals surface area (Å²) in [6.45, 7) is 0.758. The Balaban J connectivity index is 1.40. The Kier molecular flexibility index (Phi) is 10.2. The molecule has 9 nitrogen and oxygen atoms in total. The van der Waals surface area contributed by atoms with Gasteiger partial charge in [0.15, 0.2) is 18.1 Å². The molecule has 4 aromatic rings. The topological polar surface area (TPSA) is 112 Å². The molecule has 0 fully saturated rings. The van der Waals surface area contributed by atoms with E-state index in [-0.39, 0.29) is 18.9 Å². The Morgan fingerprint density at radius 2 is 1.44 bits per heavy atom. The largest absolute Gasteiger partial charge is 0.469 e. The van der Waals surface area contributed by atoms with E-state index < -0.39 is 48.3 Å². The van der Waals surface area contributed by atoms with Gasteiger partial charge < -0.3 is 20.1 Å². The highest BCUT2D eigenvalue weighted by Crippen LogP contribution is 2.32. The van der Waals surface area contributed by atoms with E-state index in [9.17, 15) is 27.6 Å². The minimum atomic E-state index is -4.73. The van der Waals surface area contributed by atoms with Gasteiger partial charge in [0.1, 0.15) is 12.6 Å². The number of hydrogen-bond acceptors (Lipinski definition) is 6. The number of aromatic nitrogens is 2. The summed E-state index contributed by atoms with van der Waals surface area (Å²) in [7, 11) is 0. The lowest BCUT2D eigenvalue weighted by molar-refractivity contribution is -0.141. The van der Waals surface area contributed by atoms with E-state index in [1.807, 2.05) is 12.1 Å². The van der Waals surface area contributed by atoms with E-state index in [1.165, 1.54) is 19.1 Å². The summed E-state index contributed by atoms with van der Waals surface area (Å²) in [6.07, 6.45) is -5.44. The number of Topliss-reactive ketones (excluding diaryl/α,β-unsaturated/α-hetero) is 1. The van der Waals surface area contributed by atoms with Crippen LogP contribution in [0.25, 0.3) is 5.69 Å². The number of hydrogen-bond donors (Lipinski definition) is 2. The highest BCUT2D eigenvalue weighted by molar-refractivity contribution is 5.92. The van der Waals surface area contributed by atoms with Crippen molar-refractivity contribution in [2.45, 2.75) is 38.2 Å². The molecule has 0 radical (unpaired) electrons. The minimum Gasteiger partial charge on any atom is -0.469 e. The van der Waals surface area contributed by atoms with Crippen LogP contribution in [0.4, 0.5) is 18.0 Å². The zero-order valence-corrected chi connectivity index (χ0v) is 23.1. The van der Waals surface area contributed by atoms with Crippen LogP contribution in [-0.2, 0) is 33.5 Å². The van der Waals surface area contributed by atoms with Gasteiger partial charge in [-0.25, -0.2) is 9.48 Å². The lowest BCUT2D eigenvalue weighted by atomic mass is 10.0. The monoisotopic (exact) mass is 594 g/mol. The molecule has 1 aromatic heterocycles. The van der Waals surface area contributed by atoms with Crippen LogP contribution in [0, 0.1) is 0 Å². The Bertz CT molecular complexity index is 1510. The van der Waals surface area contributed by atoms with Gasteiger partial charge in [0.25, 0.3) is 0 Å². The molecule has 43 heavy (non-hydrogen) atoms. The number of carbonyl (C=O) groups excluding carboxylic acids is 3. The maximum absolute atomic E-state index is 13.3. The molecule has 224 valence electrons. The van der Waals surface area contributed by atoms with Crippen LogP contribution < -0.4 is 15.4 Å². The Hall–Kier alpha value is -5.13. The second kappa shape index (κ2) is 14.2. The van der Waals surface area contributed by atoms with Crippen LogP contribution in [-0.4, -0.2) is 46.3 Å². The fraction of sp³-hybridized carbons (Fsp3) is 0.226. The third kappa shape index (κ3) is 8.93. The molecule has 0 aliphatic carbocycles. The number of rotatable bonds is 12. The van der Waals surface area contributed by atoms with E-state index in [0.717, 1.165) is 15.8 Å². The van der Waals surface area contributed by atoms with Gasteiger partial charge in [0.05, 0.1) is 11.7 Å². The lowest BCUT2D eigenvalue weighted by Gasteiger charge is -2.21. The molecule has 1 heterocycles. The van der Waals surface area contributed by atoms with Gasteiger partial charge in [-0.15, -0.1) is 0 Å². The molecule has 0 saturated carbocycles. The van der Waals surface area contributed by atoms with Crippen molar-refractivity contribution in [2.75, 3.05) is 6.61 Å². The van der Waals surface area contributed by atoms with Crippen molar-refractivity contribution in [3.63, 3.8) is 0 Å². The zero-order valence-electron chi connectivity index (χ0n) is 23.1. The number of ketones is 1. The first kappa shape index (κ1) is 30.8. The van der Waals surface area contributed by atoms with Gasteiger partial charge in [-0.2, -0.15) is 18.3 Å². The van der Waals surface area contributed by atoms with Crippen LogP contribution in [0.2, 0.25) is 0 Å². The quantitative estimate of drug-likeness (QED) is 0.242. The number of nitrogens with one attached hydrogen (secondary N) is 2. The number of alkyl carbamates (subject to hydrolysis) is 1. The molecular weight excluding hydrogens is 565 g/mol. The number of amides is 2. The van der Waals surface area contributed by atoms with Crippen molar-refractivity contribution in [3.8, 4) is 11.6 Å². The number of carbonyl (C=O) groups is 3. The number of halogens is 3. The maximum Gasteiger partial charge on any atom is 0.435 e. The number of benzene rings is 3. The van der Waals surface area contributed by atoms with Crippen molar-refractivity contribution in [1.82, 2.24) is 20.4 Å². The van der Waals surface area contributed by atoms with Crippen molar-refractivity contribution >= 4 is 17.8 Å². The predicted molar refractivity (Wildman–Crippen MR) is 150 cm³/mol. The standard InChI is InChI=1S/C31H29F3N4O5/c1-21(26(39)20-42-28-18-27(31(32,33)34)37-38(28)24-15-9-4-10-16-24)35-29(40)25(17-22-11-5-2-6-12-22)36-30(41)43-19-23-13-7-3-8-14-23/h2-16,18,21,25H,17,19-20H2,1H3,(H,35,40)(H,36,41)/t21-,25-/m0/s1. The average molecular weight is 595 g/mol. The Morgan fingerprint density at radius 3 is 2.05 bits per heavy atom. The SMILES string of the molecule is C[C@H](NC(=O)[C@H](Cc1ccccc1)NC(=O)OCc1ccccc1)C(=O)COc1cc(C(F)(F)F)nn1-c1ccccc1. The second-order valence-electron chi connectivity index (χ2n) is 9.55. The van der Waals surface area contributed by atoms with E-state index in [2.05, 4.69) is 15.7 Å². The molecule has 0 spiro atoms. The normalized spacial score (nSPS) is 12.6. The fourth-order valence-electron chi connectivity index (χ4n) is 3.99. The van der Waals surface area contributed by atoms with Crippen LogP contribution in [0.3, 0.4) is 0 Å². The molecule has 2 amide bonds. The zero-order chi connectivity index (χ0) is 30.8. The third-order valence-electron chi connectivity index (χ3n) is 6.28. The van der Waals surface area contributed by atoms with Crippen molar-refractivity contribution in [2.24, 2.45) is 0 Å². The third-order valence-corrected chi connectivity index (χ3v) is 6.28. The highest BCUT2D eigenvalue weighted by atomic mass is 19.4. The van der Waals surface area contributed by atoms with Crippen molar-refractivity contribution in [1.29, 1.82) is 0 Å². The summed E-state index contributed by atoms with van der Waals surface area (Å²) < 4.78 is 51.7.